The zero-order valence-corrected chi connectivity index (χ0v) is 14.0. The van der Waals surface area contributed by atoms with E-state index in [0.717, 1.165) is 24.8 Å². The number of anilines is 1. The lowest BCUT2D eigenvalue weighted by Crippen LogP contribution is -2.33. The Hall–Kier alpha value is -1.07. The Morgan fingerprint density at radius 3 is 2.57 bits per heavy atom. The molecule has 1 fully saturated rings. The number of rotatable bonds is 3. The number of hydrogen-bond acceptors (Lipinski definition) is 3. The second kappa shape index (κ2) is 6.36. The molecule has 2 N–H and O–H groups in total. The third-order valence-corrected chi connectivity index (χ3v) is 6.63. The van der Waals surface area contributed by atoms with E-state index in [1.165, 1.54) is 0 Å². The lowest BCUT2D eigenvalue weighted by Gasteiger charge is -2.23. The van der Waals surface area contributed by atoms with Crippen molar-refractivity contribution in [3.05, 3.63) is 23.8 Å². The second-order valence-electron chi connectivity index (χ2n) is 6.33. The van der Waals surface area contributed by atoms with Crippen molar-refractivity contribution in [1.82, 2.24) is 4.31 Å². The SMILES string of the molecule is Cc1cccc(N)c1S(=O)(=O)N1CCCC(C(C)C)CC1. The van der Waals surface area contributed by atoms with Gasteiger partial charge in [-0.05, 0) is 49.7 Å². The van der Waals surface area contributed by atoms with E-state index in [4.69, 9.17) is 5.73 Å². The molecular weight excluding hydrogens is 284 g/mol. The van der Waals surface area contributed by atoms with E-state index in [2.05, 4.69) is 13.8 Å². The smallest absolute Gasteiger partial charge is 0.245 e. The first-order valence-corrected chi connectivity index (χ1v) is 9.13. The molecule has 4 nitrogen and oxygen atoms in total. The maximum Gasteiger partial charge on any atom is 0.245 e. The van der Waals surface area contributed by atoms with Crippen LogP contribution in [-0.2, 0) is 10.0 Å². The molecule has 1 saturated heterocycles. The third-order valence-electron chi connectivity index (χ3n) is 4.51. The molecule has 0 bridgehead atoms. The zero-order chi connectivity index (χ0) is 15.6. The van der Waals surface area contributed by atoms with E-state index in [1.807, 2.05) is 0 Å². The third kappa shape index (κ3) is 3.40. The Kier molecular flexibility index (Phi) is 4.94. The van der Waals surface area contributed by atoms with Crippen LogP contribution < -0.4 is 5.73 Å². The fraction of sp³-hybridized carbons (Fsp3) is 0.625. The Labute approximate surface area is 128 Å². The maximum atomic E-state index is 12.9. The summed E-state index contributed by atoms with van der Waals surface area (Å²) in [6, 6.07) is 5.26. The molecule has 0 radical (unpaired) electrons. The average Bonchev–Trinajstić information content (AvgIpc) is 2.64. The molecule has 118 valence electrons. The van der Waals surface area contributed by atoms with Gasteiger partial charge >= 0.3 is 0 Å². The molecule has 1 aromatic rings. The van der Waals surface area contributed by atoms with Gasteiger partial charge in [0.15, 0.2) is 0 Å². The van der Waals surface area contributed by atoms with Gasteiger partial charge in [-0.25, -0.2) is 8.42 Å². The van der Waals surface area contributed by atoms with Gasteiger partial charge in [0, 0.05) is 13.1 Å². The van der Waals surface area contributed by atoms with Gasteiger partial charge in [-0.3, -0.25) is 0 Å². The summed E-state index contributed by atoms with van der Waals surface area (Å²) in [6.07, 6.45) is 2.96. The molecular formula is C16H26N2O2S. The molecule has 0 aromatic heterocycles. The molecule has 0 aliphatic carbocycles. The summed E-state index contributed by atoms with van der Waals surface area (Å²) in [5.74, 6) is 1.22. The van der Waals surface area contributed by atoms with Crippen LogP contribution in [0.15, 0.2) is 23.1 Å². The topological polar surface area (TPSA) is 63.4 Å². The first kappa shape index (κ1) is 16.3. The van der Waals surface area contributed by atoms with Gasteiger partial charge < -0.3 is 5.73 Å². The van der Waals surface area contributed by atoms with Crippen molar-refractivity contribution in [2.75, 3.05) is 18.8 Å². The van der Waals surface area contributed by atoms with Gasteiger partial charge in [-0.15, -0.1) is 0 Å². The van der Waals surface area contributed by atoms with Crippen LogP contribution in [0.2, 0.25) is 0 Å². The summed E-state index contributed by atoms with van der Waals surface area (Å²) < 4.78 is 27.4. The fourth-order valence-corrected chi connectivity index (χ4v) is 4.97. The van der Waals surface area contributed by atoms with Crippen LogP contribution in [0.3, 0.4) is 0 Å². The molecule has 0 spiro atoms. The Balaban J connectivity index is 2.28. The number of hydrogen-bond donors (Lipinski definition) is 1. The highest BCUT2D eigenvalue weighted by molar-refractivity contribution is 7.89. The first-order chi connectivity index (χ1) is 9.84. The summed E-state index contributed by atoms with van der Waals surface area (Å²) in [5, 5.41) is 0. The van der Waals surface area contributed by atoms with Gasteiger partial charge in [0.05, 0.1) is 5.69 Å². The minimum absolute atomic E-state index is 0.285. The van der Waals surface area contributed by atoms with E-state index >= 15 is 0 Å². The quantitative estimate of drug-likeness (QED) is 0.873. The van der Waals surface area contributed by atoms with Crippen molar-refractivity contribution in [2.45, 2.75) is 44.9 Å². The number of nitrogens with zero attached hydrogens (tertiary/aromatic N) is 1. The van der Waals surface area contributed by atoms with Gasteiger partial charge in [0.2, 0.25) is 10.0 Å². The molecule has 5 heteroatoms. The second-order valence-corrected chi connectivity index (χ2v) is 8.21. The predicted molar refractivity (Wildman–Crippen MR) is 86.5 cm³/mol. The largest absolute Gasteiger partial charge is 0.398 e. The van der Waals surface area contributed by atoms with Crippen molar-refractivity contribution < 1.29 is 8.42 Å². The zero-order valence-electron chi connectivity index (χ0n) is 13.2. The molecule has 2 rings (SSSR count). The van der Waals surface area contributed by atoms with Gasteiger partial charge in [-0.2, -0.15) is 4.31 Å². The summed E-state index contributed by atoms with van der Waals surface area (Å²) >= 11 is 0. The Morgan fingerprint density at radius 1 is 1.24 bits per heavy atom. The number of nitrogen functional groups attached to an aromatic ring is 1. The summed E-state index contributed by atoms with van der Waals surface area (Å²) in [5.41, 5.74) is 6.99. The molecule has 0 saturated carbocycles. The van der Waals surface area contributed by atoms with Crippen LogP contribution in [0, 0.1) is 18.8 Å². The minimum atomic E-state index is -3.49. The maximum absolute atomic E-state index is 12.9. The number of sulfonamides is 1. The molecule has 0 amide bonds. The van der Waals surface area contributed by atoms with Crippen molar-refractivity contribution >= 4 is 15.7 Å². The number of aryl methyl sites for hydroxylation is 1. The molecule has 21 heavy (non-hydrogen) atoms. The highest BCUT2D eigenvalue weighted by Crippen LogP contribution is 2.30. The van der Waals surface area contributed by atoms with E-state index in [0.29, 0.717) is 30.6 Å². The number of benzene rings is 1. The monoisotopic (exact) mass is 310 g/mol. The van der Waals surface area contributed by atoms with Crippen LogP contribution in [0.25, 0.3) is 0 Å². The molecule has 1 atom stereocenters. The van der Waals surface area contributed by atoms with Crippen LogP contribution in [0.1, 0.15) is 38.7 Å². The van der Waals surface area contributed by atoms with Crippen molar-refractivity contribution in [2.24, 2.45) is 11.8 Å². The van der Waals surface area contributed by atoms with Gasteiger partial charge in [0.1, 0.15) is 4.90 Å². The van der Waals surface area contributed by atoms with Crippen LogP contribution in [-0.4, -0.2) is 25.8 Å². The molecule has 1 unspecified atom stereocenters. The highest BCUT2D eigenvalue weighted by atomic mass is 32.2. The van der Waals surface area contributed by atoms with E-state index in [1.54, 1.807) is 29.4 Å². The van der Waals surface area contributed by atoms with E-state index < -0.39 is 10.0 Å². The lowest BCUT2D eigenvalue weighted by molar-refractivity contribution is 0.341. The summed E-state index contributed by atoms with van der Waals surface area (Å²) in [4.78, 5) is 0.285. The molecule has 1 aliphatic rings. The minimum Gasteiger partial charge on any atom is -0.398 e. The molecule has 1 aliphatic heterocycles. The summed E-state index contributed by atoms with van der Waals surface area (Å²) in [7, 11) is -3.49. The van der Waals surface area contributed by atoms with Crippen molar-refractivity contribution in [3.63, 3.8) is 0 Å². The van der Waals surface area contributed by atoms with Crippen LogP contribution in [0.5, 0.6) is 0 Å². The van der Waals surface area contributed by atoms with Crippen LogP contribution in [0.4, 0.5) is 5.69 Å². The molecule has 1 heterocycles. The Bertz CT molecular complexity index is 576. The Morgan fingerprint density at radius 2 is 1.95 bits per heavy atom. The normalized spacial score (nSPS) is 21.4. The van der Waals surface area contributed by atoms with E-state index in [9.17, 15) is 8.42 Å². The van der Waals surface area contributed by atoms with E-state index in [-0.39, 0.29) is 4.90 Å². The average molecular weight is 310 g/mol. The fourth-order valence-electron chi connectivity index (χ4n) is 3.16. The van der Waals surface area contributed by atoms with Gasteiger partial charge in [-0.1, -0.05) is 26.0 Å². The van der Waals surface area contributed by atoms with Gasteiger partial charge in [0.25, 0.3) is 0 Å². The molecule has 1 aromatic carbocycles. The predicted octanol–water partition coefficient (Wildman–Crippen LogP) is 3.02. The lowest BCUT2D eigenvalue weighted by atomic mass is 9.89. The van der Waals surface area contributed by atoms with Crippen molar-refractivity contribution in [3.8, 4) is 0 Å². The van der Waals surface area contributed by atoms with Crippen molar-refractivity contribution in [1.29, 1.82) is 0 Å². The summed E-state index contributed by atoms with van der Waals surface area (Å²) in [6.45, 7) is 7.43. The standard InChI is InChI=1S/C16H26N2O2S/c1-12(2)14-7-5-10-18(11-9-14)21(19,20)16-13(3)6-4-8-15(16)17/h4,6,8,12,14H,5,7,9-11,17H2,1-3H3. The first-order valence-electron chi connectivity index (χ1n) is 7.69. The van der Waals surface area contributed by atoms with Crippen LogP contribution >= 0.6 is 0 Å². The highest BCUT2D eigenvalue weighted by Gasteiger charge is 2.30. The number of nitrogens with two attached hydrogens (primary N) is 1.